The molecule has 112 valence electrons. The van der Waals surface area contributed by atoms with E-state index in [1.54, 1.807) is 4.90 Å². The van der Waals surface area contributed by atoms with Crippen LogP contribution in [0.2, 0.25) is 0 Å². The van der Waals surface area contributed by atoms with Crippen molar-refractivity contribution in [2.45, 2.75) is 6.04 Å². The third-order valence-electron chi connectivity index (χ3n) is 3.48. The van der Waals surface area contributed by atoms with Crippen LogP contribution in [-0.4, -0.2) is 17.6 Å². The van der Waals surface area contributed by atoms with Gasteiger partial charge in [0, 0.05) is 0 Å². The summed E-state index contributed by atoms with van der Waals surface area (Å²) in [5, 5.41) is 0. The predicted molar refractivity (Wildman–Crippen MR) is 98.7 cm³/mol. The molecule has 0 aromatic heterocycles. The SMILES string of the molecule is O=C1OC[C@H](c2ccccc2)N1/C(Br)=C(\I)c1ccccc1. The fourth-order valence-corrected chi connectivity index (χ4v) is 3.61. The summed E-state index contributed by atoms with van der Waals surface area (Å²) in [5.74, 6) is 0. The van der Waals surface area contributed by atoms with Gasteiger partial charge in [-0.2, -0.15) is 0 Å². The molecule has 2 aromatic carbocycles. The fraction of sp³-hybridized carbons (Fsp3) is 0.118. The molecule has 3 rings (SSSR count). The number of benzene rings is 2. The van der Waals surface area contributed by atoms with E-state index in [-0.39, 0.29) is 12.1 Å². The second kappa shape index (κ2) is 6.83. The smallest absolute Gasteiger partial charge is 0.415 e. The van der Waals surface area contributed by atoms with E-state index >= 15 is 0 Å². The lowest BCUT2D eigenvalue weighted by Gasteiger charge is -2.22. The predicted octanol–water partition coefficient (Wildman–Crippen LogP) is 5.34. The Balaban J connectivity index is 1.99. The van der Waals surface area contributed by atoms with E-state index < -0.39 is 0 Å². The number of hydrogen-bond acceptors (Lipinski definition) is 2. The van der Waals surface area contributed by atoms with Crippen molar-refractivity contribution in [3.8, 4) is 0 Å². The number of carbonyl (C=O) groups is 1. The first-order chi connectivity index (χ1) is 10.7. The minimum atomic E-state index is -0.328. The maximum Gasteiger partial charge on any atom is 0.415 e. The van der Waals surface area contributed by atoms with E-state index in [0.29, 0.717) is 6.61 Å². The van der Waals surface area contributed by atoms with Crippen LogP contribution in [0, 0.1) is 0 Å². The molecule has 22 heavy (non-hydrogen) atoms. The molecule has 0 bridgehead atoms. The van der Waals surface area contributed by atoms with E-state index in [4.69, 9.17) is 4.74 Å². The number of nitrogens with zero attached hydrogens (tertiary/aromatic N) is 1. The summed E-state index contributed by atoms with van der Waals surface area (Å²) in [4.78, 5) is 13.8. The summed E-state index contributed by atoms with van der Waals surface area (Å²) in [7, 11) is 0. The van der Waals surface area contributed by atoms with Gasteiger partial charge < -0.3 is 4.74 Å². The van der Waals surface area contributed by atoms with Crippen LogP contribution >= 0.6 is 38.5 Å². The van der Waals surface area contributed by atoms with Crippen molar-refractivity contribution in [1.82, 2.24) is 4.90 Å². The quantitative estimate of drug-likeness (QED) is 0.448. The summed E-state index contributed by atoms with van der Waals surface area (Å²) < 4.78 is 6.96. The lowest BCUT2D eigenvalue weighted by atomic mass is 10.1. The molecule has 0 radical (unpaired) electrons. The fourth-order valence-electron chi connectivity index (χ4n) is 2.37. The van der Waals surface area contributed by atoms with Gasteiger partial charge in [-0.1, -0.05) is 60.7 Å². The van der Waals surface area contributed by atoms with Crippen LogP contribution < -0.4 is 0 Å². The molecular weight excluding hydrogens is 457 g/mol. The first-order valence-electron chi connectivity index (χ1n) is 6.80. The van der Waals surface area contributed by atoms with Gasteiger partial charge in [0.15, 0.2) is 0 Å². The summed E-state index contributed by atoms with van der Waals surface area (Å²) >= 11 is 5.83. The molecule has 1 fully saturated rings. The molecule has 0 saturated carbocycles. The lowest BCUT2D eigenvalue weighted by Crippen LogP contribution is -2.25. The van der Waals surface area contributed by atoms with Crippen LogP contribution in [0.1, 0.15) is 17.2 Å². The highest BCUT2D eigenvalue weighted by atomic mass is 127. The Kier molecular flexibility index (Phi) is 4.83. The van der Waals surface area contributed by atoms with E-state index in [1.165, 1.54) is 0 Å². The van der Waals surface area contributed by atoms with Gasteiger partial charge in [-0.05, 0) is 49.6 Å². The van der Waals surface area contributed by atoms with Crippen molar-refractivity contribution >= 4 is 48.2 Å². The van der Waals surface area contributed by atoms with Crippen LogP contribution in [0.15, 0.2) is 65.3 Å². The van der Waals surface area contributed by atoms with Crippen LogP contribution in [0.5, 0.6) is 0 Å². The van der Waals surface area contributed by atoms with Gasteiger partial charge in [-0.3, -0.25) is 4.90 Å². The van der Waals surface area contributed by atoms with Gasteiger partial charge in [0.05, 0.1) is 3.58 Å². The third kappa shape index (κ3) is 3.05. The second-order valence-corrected chi connectivity index (χ2v) is 6.67. The number of amides is 1. The molecule has 0 aliphatic carbocycles. The van der Waals surface area contributed by atoms with E-state index in [0.717, 1.165) is 19.3 Å². The highest BCUT2D eigenvalue weighted by molar-refractivity contribution is 14.1. The largest absolute Gasteiger partial charge is 0.447 e. The standard InChI is InChI=1S/C17H13BrINO2/c18-16(15(19)13-9-5-2-6-10-13)20-14(11-22-17(20)21)12-7-3-1-4-8-12/h1-10,14H,11H2/b16-15-/t14-/m1/s1. The Morgan fingerprint density at radius 1 is 1.09 bits per heavy atom. The Hall–Kier alpha value is -1.34. The Bertz CT molecular complexity index is 703. The third-order valence-corrected chi connectivity index (χ3v) is 6.13. The topological polar surface area (TPSA) is 29.5 Å². The molecule has 5 heteroatoms. The van der Waals surface area contributed by atoms with Crippen molar-refractivity contribution < 1.29 is 9.53 Å². The molecule has 3 nitrogen and oxygen atoms in total. The normalized spacial score (nSPS) is 18.9. The maximum atomic E-state index is 12.2. The molecule has 1 heterocycles. The number of hydrogen-bond donors (Lipinski definition) is 0. The van der Waals surface area contributed by atoms with Crippen molar-refractivity contribution in [2.24, 2.45) is 0 Å². The Morgan fingerprint density at radius 2 is 1.68 bits per heavy atom. The lowest BCUT2D eigenvalue weighted by molar-refractivity contribution is 0.166. The van der Waals surface area contributed by atoms with Crippen LogP contribution in [0.3, 0.4) is 0 Å². The van der Waals surface area contributed by atoms with E-state index in [9.17, 15) is 4.79 Å². The number of carbonyl (C=O) groups excluding carboxylic acids is 1. The zero-order valence-corrected chi connectivity index (χ0v) is 15.3. The zero-order valence-electron chi connectivity index (χ0n) is 11.6. The zero-order chi connectivity index (χ0) is 15.5. The van der Waals surface area contributed by atoms with E-state index in [1.807, 2.05) is 60.7 Å². The Morgan fingerprint density at radius 3 is 2.32 bits per heavy atom. The number of ether oxygens (including phenoxy) is 1. The van der Waals surface area contributed by atoms with Crippen LogP contribution in [-0.2, 0) is 4.74 Å². The number of cyclic esters (lactones) is 1. The van der Waals surface area contributed by atoms with Crippen molar-refractivity contribution in [3.63, 3.8) is 0 Å². The minimum absolute atomic E-state index is 0.114. The Labute approximate surface area is 151 Å². The summed E-state index contributed by atoms with van der Waals surface area (Å²) in [6.45, 7) is 0.358. The first-order valence-corrected chi connectivity index (χ1v) is 8.67. The molecule has 1 aliphatic heterocycles. The number of rotatable bonds is 3. The van der Waals surface area contributed by atoms with Crippen molar-refractivity contribution in [3.05, 3.63) is 76.4 Å². The molecule has 2 aromatic rings. The summed E-state index contributed by atoms with van der Waals surface area (Å²) in [6, 6.07) is 19.8. The van der Waals surface area contributed by atoms with Gasteiger partial charge in [-0.15, -0.1) is 0 Å². The maximum absolute atomic E-state index is 12.2. The summed E-state index contributed by atoms with van der Waals surface area (Å²) in [5.41, 5.74) is 2.11. The molecule has 0 N–H and O–H groups in total. The highest BCUT2D eigenvalue weighted by Gasteiger charge is 2.36. The molecule has 1 saturated heterocycles. The molecule has 1 amide bonds. The molecule has 1 atom stereocenters. The minimum Gasteiger partial charge on any atom is -0.447 e. The van der Waals surface area contributed by atoms with Crippen LogP contribution in [0.25, 0.3) is 3.58 Å². The first kappa shape index (κ1) is 15.6. The highest BCUT2D eigenvalue weighted by Crippen LogP contribution is 2.39. The summed E-state index contributed by atoms with van der Waals surface area (Å²) in [6.07, 6.45) is -0.328. The van der Waals surface area contributed by atoms with Gasteiger partial charge in [0.2, 0.25) is 0 Å². The molecular formula is C17H13BrINO2. The van der Waals surface area contributed by atoms with Gasteiger partial charge in [-0.25, -0.2) is 4.79 Å². The van der Waals surface area contributed by atoms with Gasteiger partial charge >= 0.3 is 6.09 Å². The second-order valence-electron chi connectivity index (χ2n) is 4.84. The monoisotopic (exact) mass is 469 g/mol. The average molecular weight is 470 g/mol. The van der Waals surface area contributed by atoms with Gasteiger partial charge in [0.25, 0.3) is 0 Å². The van der Waals surface area contributed by atoms with Crippen molar-refractivity contribution in [1.29, 1.82) is 0 Å². The van der Waals surface area contributed by atoms with Gasteiger partial charge in [0.1, 0.15) is 17.3 Å². The van der Waals surface area contributed by atoms with Crippen LogP contribution in [0.4, 0.5) is 4.79 Å². The van der Waals surface area contributed by atoms with Crippen molar-refractivity contribution in [2.75, 3.05) is 6.61 Å². The molecule has 1 aliphatic rings. The molecule has 0 unspecified atom stereocenters. The average Bonchev–Trinajstić information content (AvgIpc) is 2.96. The number of halogens is 2. The molecule has 0 spiro atoms. The van der Waals surface area contributed by atoms with E-state index in [2.05, 4.69) is 38.5 Å².